The Labute approximate surface area is 161 Å². The summed E-state index contributed by atoms with van der Waals surface area (Å²) in [6.07, 6.45) is 1.79. The number of ether oxygens (including phenoxy) is 3. The Bertz CT molecular complexity index is 634. The van der Waals surface area contributed by atoms with Gasteiger partial charge in [0, 0.05) is 30.8 Å². The molecule has 8 atom stereocenters. The highest BCUT2D eigenvalue weighted by Crippen LogP contribution is 2.67. The summed E-state index contributed by atoms with van der Waals surface area (Å²) in [6, 6.07) is 0. The third kappa shape index (κ3) is 2.40. The molecule has 2 saturated heterocycles. The van der Waals surface area contributed by atoms with E-state index in [0.29, 0.717) is 19.4 Å². The van der Waals surface area contributed by atoms with Gasteiger partial charge in [-0.25, -0.2) is 0 Å². The van der Waals surface area contributed by atoms with E-state index in [1.807, 2.05) is 20.8 Å². The summed E-state index contributed by atoms with van der Waals surface area (Å²) in [4.78, 5) is 13.1. The van der Waals surface area contributed by atoms with E-state index in [2.05, 4.69) is 6.92 Å². The normalized spacial score (nSPS) is 54.6. The van der Waals surface area contributed by atoms with E-state index in [1.165, 1.54) is 0 Å². The molecule has 0 aromatic rings. The van der Waals surface area contributed by atoms with Crippen LogP contribution in [0.25, 0.3) is 0 Å². The molecule has 2 aliphatic carbocycles. The third-order valence-electron chi connectivity index (χ3n) is 8.67. The highest BCUT2D eigenvalue weighted by Gasteiger charge is 2.73. The standard InChI is InChI=1S/C21H34O6/c1-12-15(23)16(24)17-18(2,3)13(22)6-7-19(17,4)21(12)9-8-20(27-21)10-14(25-5)26-11-20/h12-14,16-17,22,24H,6-11H2,1-5H3/t12-,13-,14-,16-,17+,19+,20-,21-/m1/s1. The molecule has 0 amide bonds. The zero-order valence-electron chi connectivity index (χ0n) is 17.2. The third-order valence-corrected chi connectivity index (χ3v) is 8.67. The Morgan fingerprint density at radius 2 is 1.85 bits per heavy atom. The highest BCUT2D eigenvalue weighted by atomic mass is 16.7. The molecule has 0 radical (unpaired) electrons. The Morgan fingerprint density at radius 1 is 1.15 bits per heavy atom. The molecule has 4 aliphatic rings. The second kappa shape index (κ2) is 5.99. The van der Waals surface area contributed by atoms with E-state index < -0.39 is 34.2 Å². The Kier molecular flexibility index (Phi) is 4.38. The Hall–Kier alpha value is -0.530. The molecule has 154 valence electrons. The molecule has 2 saturated carbocycles. The lowest BCUT2D eigenvalue weighted by Gasteiger charge is -2.65. The fourth-order valence-corrected chi connectivity index (χ4v) is 7.04. The van der Waals surface area contributed by atoms with Crippen molar-refractivity contribution in [1.29, 1.82) is 0 Å². The van der Waals surface area contributed by atoms with Crippen molar-refractivity contribution in [2.75, 3.05) is 13.7 Å². The Morgan fingerprint density at radius 3 is 2.48 bits per heavy atom. The fraction of sp³-hybridized carbons (Fsp3) is 0.952. The smallest absolute Gasteiger partial charge is 0.167 e. The van der Waals surface area contributed by atoms with Crippen LogP contribution in [0.5, 0.6) is 0 Å². The van der Waals surface area contributed by atoms with E-state index in [-0.39, 0.29) is 23.9 Å². The monoisotopic (exact) mass is 382 g/mol. The van der Waals surface area contributed by atoms with E-state index >= 15 is 0 Å². The maximum atomic E-state index is 13.1. The average molecular weight is 382 g/mol. The molecule has 0 aromatic heterocycles. The Balaban J connectivity index is 1.77. The van der Waals surface area contributed by atoms with Crippen molar-refractivity contribution < 1.29 is 29.2 Å². The summed E-state index contributed by atoms with van der Waals surface area (Å²) in [7, 11) is 1.64. The van der Waals surface area contributed by atoms with Gasteiger partial charge in [-0.2, -0.15) is 0 Å². The summed E-state index contributed by atoms with van der Waals surface area (Å²) in [5, 5.41) is 21.6. The molecule has 0 aromatic carbocycles. The molecular formula is C21H34O6. The van der Waals surface area contributed by atoms with Crippen molar-refractivity contribution in [2.24, 2.45) is 22.7 Å². The molecule has 2 heterocycles. The number of hydrogen-bond donors (Lipinski definition) is 2. The molecule has 6 nitrogen and oxygen atoms in total. The molecule has 2 N–H and O–H groups in total. The maximum absolute atomic E-state index is 13.1. The first kappa shape index (κ1) is 19.8. The van der Waals surface area contributed by atoms with Crippen LogP contribution >= 0.6 is 0 Å². The van der Waals surface area contributed by atoms with Crippen molar-refractivity contribution in [1.82, 2.24) is 0 Å². The minimum atomic E-state index is -1.06. The number of rotatable bonds is 1. The van der Waals surface area contributed by atoms with Gasteiger partial charge in [0.15, 0.2) is 12.1 Å². The van der Waals surface area contributed by atoms with Crippen LogP contribution < -0.4 is 0 Å². The first-order chi connectivity index (χ1) is 12.5. The minimum absolute atomic E-state index is 0.154. The number of hydrogen-bond acceptors (Lipinski definition) is 6. The predicted molar refractivity (Wildman–Crippen MR) is 97.9 cm³/mol. The van der Waals surface area contributed by atoms with Gasteiger partial charge in [0.2, 0.25) is 0 Å². The average Bonchev–Trinajstić information content (AvgIpc) is 3.21. The van der Waals surface area contributed by atoms with Gasteiger partial charge < -0.3 is 24.4 Å². The van der Waals surface area contributed by atoms with E-state index in [4.69, 9.17) is 14.2 Å². The second-order valence-electron chi connectivity index (χ2n) is 10.2. The van der Waals surface area contributed by atoms with E-state index in [9.17, 15) is 15.0 Å². The van der Waals surface area contributed by atoms with Crippen LogP contribution in [0.1, 0.15) is 59.8 Å². The van der Waals surface area contributed by atoms with Crippen LogP contribution in [0.15, 0.2) is 0 Å². The van der Waals surface area contributed by atoms with Crippen LogP contribution in [0, 0.1) is 22.7 Å². The lowest BCUT2D eigenvalue weighted by atomic mass is 9.42. The van der Waals surface area contributed by atoms with Gasteiger partial charge in [0.25, 0.3) is 0 Å². The topological polar surface area (TPSA) is 85.2 Å². The molecule has 4 rings (SSSR count). The molecule has 0 unspecified atom stereocenters. The summed E-state index contributed by atoms with van der Waals surface area (Å²) in [5.74, 6) is -0.882. The SMILES string of the molecule is CO[C@H]1C[C@]2(CC[C@@]3(O2)[C@H](C)C(=O)[C@@H](O)[C@H]2C(C)(C)[C@H](O)CC[C@@]23C)CO1. The molecular weight excluding hydrogens is 348 g/mol. The zero-order chi connectivity index (χ0) is 19.8. The van der Waals surface area contributed by atoms with Gasteiger partial charge in [-0.05, 0) is 31.1 Å². The van der Waals surface area contributed by atoms with E-state index in [1.54, 1.807) is 7.11 Å². The summed E-state index contributed by atoms with van der Waals surface area (Å²) in [5.41, 5.74) is -2.02. The lowest BCUT2D eigenvalue weighted by molar-refractivity contribution is -0.269. The molecule has 27 heavy (non-hydrogen) atoms. The number of carbonyl (C=O) groups is 1. The van der Waals surface area contributed by atoms with Gasteiger partial charge >= 0.3 is 0 Å². The van der Waals surface area contributed by atoms with E-state index in [0.717, 1.165) is 19.3 Å². The summed E-state index contributed by atoms with van der Waals surface area (Å²) >= 11 is 0. The number of Topliss-reactive ketones (excluding diaryl/α,β-unsaturated/α-hetero) is 1. The van der Waals surface area contributed by atoms with Crippen molar-refractivity contribution in [2.45, 2.75) is 89.5 Å². The van der Waals surface area contributed by atoms with Crippen molar-refractivity contribution in [3.8, 4) is 0 Å². The number of aliphatic hydroxyl groups excluding tert-OH is 2. The first-order valence-electron chi connectivity index (χ1n) is 10.3. The van der Waals surface area contributed by atoms with Gasteiger partial charge in [-0.3, -0.25) is 4.79 Å². The number of methoxy groups -OCH3 is 1. The van der Waals surface area contributed by atoms with Crippen LogP contribution in [-0.4, -0.2) is 59.4 Å². The first-order valence-corrected chi connectivity index (χ1v) is 10.3. The highest BCUT2D eigenvalue weighted by molar-refractivity contribution is 5.88. The summed E-state index contributed by atoms with van der Waals surface area (Å²) < 4.78 is 18.0. The number of fused-ring (bicyclic) bond motifs is 2. The fourth-order valence-electron chi connectivity index (χ4n) is 7.04. The van der Waals surface area contributed by atoms with Crippen LogP contribution in [-0.2, 0) is 19.0 Å². The molecule has 0 bridgehead atoms. The quantitative estimate of drug-likeness (QED) is 0.722. The lowest BCUT2D eigenvalue weighted by Crippen LogP contribution is -2.71. The van der Waals surface area contributed by atoms with Crippen molar-refractivity contribution in [3.63, 3.8) is 0 Å². The van der Waals surface area contributed by atoms with Gasteiger partial charge in [0.05, 0.1) is 23.9 Å². The van der Waals surface area contributed by atoms with Crippen molar-refractivity contribution >= 4 is 5.78 Å². The van der Waals surface area contributed by atoms with Crippen LogP contribution in [0.2, 0.25) is 0 Å². The van der Waals surface area contributed by atoms with Gasteiger partial charge in [-0.15, -0.1) is 0 Å². The largest absolute Gasteiger partial charge is 0.393 e. The summed E-state index contributed by atoms with van der Waals surface area (Å²) in [6.45, 7) is 8.51. The van der Waals surface area contributed by atoms with Gasteiger partial charge in [-0.1, -0.05) is 27.7 Å². The maximum Gasteiger partial charge on any atom is 0.167 e. The predicted octanol–water partition coefficient (Wildman–Crippen LogP) is 2.05. The number of aliphatic hydroxyl groups is 2. The second-order valence-corrected chi connectivity index (χ2v) is 10.2. The molecule has 6 heteroatoms. The van der Waals surface area contributed by atoms with Gasteiger partial charge in [0.1, 0.15) is 6.10 Å². The van der Waals surface area contributed by atoms with Crippen molar-refractivity contribution in [3.05, 3.63) is 0 Å². The zero-order valence-corrected chi connectivity index (χ0v) is 17.2. The minimum Gasteiger partial charge on any atom is -0.393 e. The molecule has 4 fully saturated rings. The van der Waals surface area contributed by atoms with Crippen LogP contribution in [0.3, 0.4) is 0 Å². The molecule has 2 spiro atoms. The molecule has 2 aliphatic heterocycles. The number of carbonyl (C=O) groups excluding carboxylic acids is 1. The van der Waals surface area contributed by atoms with Crippen LogP contribution in [0.4, 0.5) is 0 Å². The number of ketones is 1.